The van der Waals surface area contributed by atoms with E-state index in [1.807, 2.05) is 18.2 Å². The largest absolute Gasteiger partial charge is 0.271 e. The smallest absolute Gasteiger partial charge is 0.268 e. The predicted molar refractivity (Wildman–Crippen MR) is 131 cm³/mol. The molecule has 3 nitrogen and oxygen atoms in total. The standard InChI is InChI=1S/C25H24N2OS2/c1-15-6-8-20(12-18(15)4)26-25-27(21-9-7-16(2)19(5)13-21)24(28)23(30-25)14-22-17(3)10-11-29-22/h6-14H,1-5H3/b23-14+,26-25?. The Balaban J connectivity index is 1.81. The number of carbonyl (C=O) groups excluding carboxylic acids is 1. The SMILES string of the molecule is Cc1ccc(N=C2S/C(=C/c3sccc3C)C(=O)N2c2ccc(C)c(C)c2)cc1C. The van der Waals surface area contributed by atoms with Gasteiger partial charge < -0.3 is 0 Å². The van der Waals surface area contributed by atoms with Crippen LogP contribution in [0.15, 0.2) is 57.7 Å². The van der Waals surface area contributed by atoms with Crippen molar-refractivity contribution in [3.63, 3.8) is 0 Å². The van der Waals surface area contributed by atoms with Gasteiger partial charge in [-0.15, -0.1) is 11.3 Å². The van der Waals surface area contributed by atoms with Gasteiger partial charge in [0.2, 0.25) is 0 Å². The average Bonchev–Trinajstić information content (AvgIpc) is 3.24. The van der Waals surface area contributed by atoms with Crippen molar-refractivity contribution in [2.45, 2.75) is 34.6 Å². The van der Waals surface area contributed by atoms with E-state index in [9.17, 15) is 4.79 Å². The second-order valence-electron chi connectivity index (χ2n) is 7.65. The number of carbonyl (C=O) groups is 1. The fourth-order valence-electron chi connectivity index (χ4n) is 3.20. The summed E-state index contributed by atoms with van der Waals surface area (Å²) in [6.07, 6.45) is 1.99. The topological polar surface area (TPSA) is 32.7 Å². The Morgan fingerprint density at radius 1 is 0.833 bits per heavy atom. The fraction of sp³-hybridized carbons (Fsp3) is 0.200. The zero-order valence-corrected chi connectivity index (χ0v) is 19.4. The lowest BCUT2D eigenvalue weighted by atomic mass is 10.1. The molecule has 2 heterocycles. The molecule has 3 aromatic rings. The highest BCUT2D eigenvalue weighted by molar-refractivity contribution is 8.19. The number of benzene rings is 2. The molecule has 1 aliphatic heterocycles. The third kappa shape index (κ3) is 4.00. The first-order chi connectivity index (χ1) is 14.3. The molecule has 0 bridgehead atoms. The van der Waals surface area contributed by atoms with E-state index in [0.717, 1.165) is 21.8 Å². The number of amidine groups is 1. The first-order valence-electron chi connectivity index (χ1n) is 9.85. The highest BCUT2D eigenvalue weighted by Gasteiger charge is 2.35. The Labute approximate surface area is 186 Å². The van der Waals surface area contributed by atoms with Gasteiger partial charge in [0, 0.05) is 4.88 Å². The van der Waals surface area contributed by atoms with Gasteiger partial charge in [0.15, 0.2) is 5.17 Å². The lowest BCUT2D eigenvalue weighted by Gasteiger charge is -2.17. The van der Waals surface area contributed by atoms with E-state index in [2.05, 4.69) is 70.3 Å². The number of aliphatic imine (C=N–C) groups is 1. The maximum absolute atomic E-state index is 13.4. The molecule has 0 saturated carbocycles. The van der Waals surface area contributed by atoms with Crippen LogP contribution in [0.3, 0.4) is 0 Å². The van der Waals surface area contributed by atoms with E-state index in [4.69, 9.17) is 4.99 Å². The number of aryl methyl sites for hydroxylation is 5. The van der Waals surface area contributed by atoms with Crippen LogP contribution in [0.25, 0.3) is 6.08 Å². The third-order valence-electron chi connectivity index (χ3n) is 5.43. The summed E-state index contributed by atoms with van der Waals surface area (Å²) in [5.41, 5.74) is 7.67. The van der Waals surface area contributed by atoms with Crippen molar-refractivity contribution >= 4 is 51.6 Å². The minimum absolute atomic E-state index is 0.0290. The molecule has 1 amide bonds. The molecular formula is C25H24N2OS2. The number of nitrogens with zero attached hydrogens (tertiary/aromatic N) is 2. The number of anilines is 1. The Kier molecular flexibility index (Phi) is 5.67. The molecule has 0 unspecified atom stereocenters. The number of rotatable bonds is 3. The molecule has 0 aliphatic carbocycles. The number of hydrogen-bond donors (Lipinski definition) is 0. The van der Waals surface area contributed by atoms with Crippen LogP contribution in [0.5, 0.6) is 0 Å². The van der Waals surface area contributed by atoms with Crippen LogP contribution in [0.2, 0.25) is 0 Å². The first-order valence-corrected chi connectivity index (χ1v) is 11.5. The van der Waals surface area contributed by atoms with Crippen molar-refractivity contribution in [1.29, 1.82) is 0 Å². The van der Waals surface area contributed by atoms with Gasteiger partial charge in [0.25, 0.3) is 5.91 Å². The van der Waals surface area contributed by atoms with Crippen molar-refractivity contribution < 1.29 is 4.79 Å². The number of amides is 1. The van der Waals surface area contributed by atoms with Gasteiger partial charge in [-0.1, -0.05) is 12.1 Å². The zero-order chi connectivity index (χ0) is 21.4. The van der Waals surface area contributed by atoms with E-state index >= 15 is 0 Å². The number of thiophene rings is 1. The predicted octanol–water partition coefficient (Wildman–Crippen LogP) is 7.10. The van der Waals surface area contributed by atoms with Gasteiger partial charge in [0.1, 0.15) is 0 Å². The van der Waals surface area contributed by atoms with Crippen molar-refractivity contribution in [2.75, 3.05) is 4.90 Å². The Morgan fingerprint density at radius 3 is 2.17 bits per heavy atom. The monoisotopic (exact) mass is 432 g/mol. The Bertz CT molecular complexity index is 1200. The van der Waals surface area contributed by atoms with E-state index in [1.165, 1.54) is 34.0 Å². The van der Waals surface area contributed by atoms with E-state index in [1.54, 1.807) is 16.2 Å². The second-order valence-corrected chi connectivity index (χ2v) is 9.61. The second kappa shape index (κ2) is 8.25. The molecule has 2 aromatic carbocycles. The molecule has 0 atom stereocenters. The zero-order valence-electron chi connectivity index (χ0n) is 17.8. The maximum Gasteiger partial charge on any atom is 0.271 e. The minimum atomic E-state index is -0.0290. The first kappa shape index (κ1) is 20.6. The lowest BCUT2D eigenvalue weighted by molar-refractivity contribution is -0.113. The van der Waals surface area contributed by atoms with Gasteiger partial charge in [-0.3, -0.25) is 9.69 Å². The van der Waals surface area contributed by atoms with Crippen LogP contribution in [0, 0.1) is 34.6 Å². The number of thioether (sulfide) groups is 1. The van der Waals surface area contributed by atoms with Crippen LogP contribution >= 0.6 is 23.1 Å². The minimum Gasteiger partial charge on any atom is -0.268 e. The van der Waals surface area contributed by atoms with Crippen molar-refractivity contribution in [2.24, 2.45) is 4.99 Å². The molecule has 30 heavy (non-hydrogen) atoms. The van der Waals surface area contributed by atoms with Crippen LogP contribution < -0.4 is 4.90 Å². The summed E-state index contributed by atoms with van der Waals surface area (Å²) in [5.74, 6) is -0.0290. The molecule has 1 aromatic heterocycles. The number of hydrogen-bond acceptors (Lipinski definition) is 4. The molecule has 1 aliphatic rings. The van der Waals surface area contributed by atoms with Crippen molar-refractivity contribution in [1.82, 2.24) is 0 Å². The highest BCUT2D eigenvalue weighted by atomic mass is 32.2. The average molecular weight is 433 g/mol. The summed E-state index contributed by atoms with van der Waals surface area (Å²) in [7, 11) is 0. The molecule has 0 N–H and O–H groups in total. The summed E-state index contributed by atoms with van der Waals surface area (Å²) in [6.45, 7) is 10.4. The highest BCUT2D eigenvalue weighted by Crippen LogP contribution is 2.38. The summed E-state index contributed by atoms with van der Waals surface area (Å²) in [6, 6.07) is 14.3. The van der Waals surface area contributed by atoms with Gasteiger partial charge in [-0.05, 0) is 116 Å². The molecule has 152 valence electrons. The van der Waals surface area contributed by atoms with E-state index in [0.29, 0.717) is 10.1 Å². The summed E-state index contributed by atoms with van der Waals surface area (Å²) < 4.78 is 0. The fourth-order valence-corrected chi connectivity index (χ4v) is 5.11. The van der Waals surface area contributed by atoms with Crippen LogP contribution in [-0.4, -0.2) is 11.1 Å². The molecule has 0 spiro atoms. The van der Waals surface area contributed by atoms with Gasteiger partial charge >= 0.3 is 0 Å². The van der Waals surface area contributed by atoms with E-state index in [-0.39, 0.29) is 5.91 Å². The molecular weight excluding hydrogens is 408 g/mol. The Morgan fingerprint density at radius 2 is 1.53 bits per heavy atom. The maximum atomic E-state index is 13.4. The van der Waals surface area contributed by atoms with Crippen LogP contribution in [0.4, 0.5) is 11.4 Å². The summed E-state index contributed by atoms with van der Waals surface area (Å²) in [4.78, 5) is 21.8. The molecule has 4 rings (SSSR count). The van der Waals surface area contributed by atoms with Gasteiger partial charge in [-0.2, -0.15) is 0 Å². The molecule has 1 saturated heterocycles. The van der Waals surface area contributed by atoms with Gasteiger partial charge in [-0.25, -0.2) is 4.99 Å². The molecule has 1 fully saturated rings. The lowest BCUT2D eigenvalue weighted by Crippen LogP contribution is -2.28. The van der Waals surface area contributed by atoms with Crippen molar-refractivity contribution in [3.05, 3.63) is 85.4 Å². The van der Waals surface area contributed by atoms with Crippen molar-refractivity contribution in [3.8, 4) is 0 Å². The molecule has 0 radical (unpaired) electrons. The van der Waals surface area contributed by atoms with Crippen LogP contribution in [-0.2, 0) is 4.79 Å². The normalized spacial score (nSPS) is 16.8. The summed E-state index contributed by atoms with van der Waals surface area (Å²) >= 11 is 3.09. The molecule has 5 heteroatoms. The Hall–Kier alpha value is -2.63. The van der Waals surface area contributed by atoms with E-state index < -0.39 is 0 Å². The third-order valence-corrected chi connectivity index (χ3v) is 7.37. The van der Waals surface area contributed by atoms with Gasteiger partial charge in [0.05, 0.1) is 16.3 Å². The summed E-state index contributed by atoms with van der Waals surface area (Å²) in [5, 5.41) is 2.74. The quantitative estimate of drug-likeness (QED) is 0.414. The van der Waals surface area contributed by atoms with Crippen LogP contribution in [0.1, 0.15) is 32.7 Å².